The summed E-state index contributed by atoms with van der Waals surface area (Å²) in [7, 11) is 6.00. The molecule has 0 saturated heterocycles. The highest BCUT2D eigenvalue weighted by molar-refractivity contribution is 5.88. The number of oxazole rings is 1. The average molecular weight is 402 g/mol. The predicted molar refractivity (Wildman–Crippen MR) is 116 cm³/mol. The van der Waals surface area contributed by atoms with E-state index in [-0.39, 0.29) is 5.43 Å². The summed E-state index contributed by atoms with van der Waals surface area (Å²) in [5.74, 6) is 1.19. The molecule has 0 spiro atoms. The molecule has 6 heteroatoms. The minimum atomic E-state index is -0.0440. The van der Waals surface area contributed by atoms with Crippen molar-refractivity contribution < 1.29 is 14.1 Å². The van der Waals surface area contributed by atoms with Crippen molar-refractivity contribution in [1.29, 1.82) is 0 Å². The van der Waals surface area contributed by atoms with Gasteiger partial charge in [0.1, 0.15) is 11.8 Å². The molecule has 30 heavy (non-hydrogen) atoms. The maximum absolute atomic E-state index is 13.0. The van der Waals surface area contributed by atoms with Crippen LogP contribution in [0.3, 0.4) is 0 Å². The van der Waals surface area contributed by atoms with Crippen LogP contribution in [0.5, 0.6) is 5.75 Å². The van der Waals surface area contributed by atoms with Gasteiger partial charge in [-0.3, -0.25) is 4.79 Å². The smallest absolute Gasteiger partial charge is 0.190 e. The number of fused-ring (bicyclic) bond motifs is 2. The molecule has 0 fully saturated rings. The number of aromatic amines is 1. The van der Waals surface area contributed by atoms with Gasteiger partial charge in [0.2, 0.25) is 0 Å². The lowest BCUT2D eigenvalue weighted by Crippen LogP contribution is -3.05. The van der Waals surface area contributed by atoms with Gasteiger partial charge in [-0.1, -0.05) is 12.1 Å². The Hall–Kier alpha value is -3.38. The SMILES string of the molecule is COc1cc2[nH]c(-c3ccc4c(c3)C([NH+](C)C)CC4)cc(=O)c2cc1-c1cnco1. The second-order valence-electron chi connectivity index (χ2n) is 8.09. The van der Waals surface area contributed by atoms with Crippen molar-refractivity contribution in [2.75, 3.05) is 21.2 Å². The van der Waals surface area contributed by atoms with Gasteiger partial charge in [0.05, 0.1) is 38.5 Å². The number of methoxy groups -OCH3 is 1. The number of ether oxygens (including phenoxy) is 1. The Balaban J connectivity index is 1.65. The van der Waals surface area contributed by atoms with Crippen LogP contribution >= 0.6 is 0 Å². The average Bonchev–Trinajstić information content (AvgIpc) is 3.42. The summed E-state index contributed by atoms with van der Waals surface area (Å²) in [5.41, 5.74) is 6.02. The van der Waals surface area contributed by atoms with Crippen LogP contribution in [0.15, 0.2) is 58.2 Å². The second-order valence-corrected chi connectivity index (χ2v) is 8.09. The third-order valence-corrected chi connectivity index (χ3v) is 6.08. The first-order chi connectivity index (χ1) is 14.5. The lowest BCUT2D eigenvalue weighted by Gasteiger charge is -2.18. The Labute approximate surface area is 174 Å². The highest BCUT2D eigenvalue weighted by atomic mass is 16.5. The number of hydrogen-bond acceptors (Lipinski definition) is 4. The number of quaternary nitrogens is 1. The molecule has 6 nitrogen and oxygen atoms in total. The molecule has 2 aromatic heterocycles. The van der Waals surface area contributed by atoms with E-state index in [0.29, 0.717) is 28.5 Å². The molecule has 5 rings (SSSR count). The standard InChI is InChI=1S/C24H23N3O3/c1-27(2)21-7-6-14-4-5-15(8-16(14)21)19-10-22(28)17-9-18(24-12-25-13-30-24)23(29-3)11-20(17)26-19/h4-5,8-13,21H,6-7H2,1-3H3,(H,26,28)/p+1. The van der Waals surface area contributed by atoms with Crippen LogP contribution in [0, 0.1) is 0 Å². The van der Waals surface area contributed by atoms with Gasteiger partial charge in [-0.25, -0.2) is 4.98 Å². The molecule has 0 radical (unpaired) electrons. The molecule has 0 saturated carbocycles. The number of H-pyrrole nitrogens is 1. The molecule has 2 N–H and O–H groups in total. The van der Waals surface area contributed by atoms with Gasteiger partial charge in [0, 0.05) is 35.2 Å². The van der Waals surface area contributed by atoms with Crippen LogP contribution in [-0.2, 0) is 6.42 Å². The highest BCUT2D eigenvalue weighted by Gasteiger charge is 2.27. The summed E-state index contributed by atoms with van der Waals surface area (Å²) in [5, 5.41) is 0.586. The monoisotopic (exact) mass is 402 g/mol. The van der Waals surface area contributed by atoms with Crippen LogP contribution in [0.2, 0.25) is 0 Å². The first-order valence-corrected chi connectivity index (χ1v) is 10.1. The topological polar surface area (TPSA) is 72.6 Å². The molecule has 1 atom stereocenters. The molecule has 0 aliphatic heterocycles. The summed E-state index contributed by atoms with van der Waals surface area (Å²) < 4.78 is 11.0. The number of nitrogens with zero attached hydrogens (tertiary/aromatic N) is 1. The summed E-state index contributed by atoms with van der Waals surface area (Å²) in [4.78, 5) is 21.8. The van der Waals surface area contributed by atoms with E-state index < -0.39 is 0 Å². The molecule has 1 unspecified atom stereocenters. The van der Waals surface area contributed by atoms with E-state index in [4.69, 9.17) is 9.15 Å². The molecular formula is C24H24N3O3+. The van der Waals surface area contributed by atoms with Crippen molar-refractivity contribution in [3.63, 3.8) is 0 Å². The minimum absolute atomic E-state index is 0.0440. The number of aromatic nitrogens is 2. The van der Waals surface area contributed by atoms with Gasteiger partial charge in [0.25, 0.3) is 0 Å². The van der Waals surface area contributed by atoms with Crippen molar-refractivity contribution in [1.82, 2.24) is 9.97 Å². The summed E-state index contributed by atoms with van der Waals surface area (Å²) in [6, 6.07) is 12.3. The van der Waals surface area contributed by atoms with Crippen LogP contribution in [-0.4, -0.2) is 31.2 Å². The zero-order valence-electron chi connectivity index (χ0n) is 17.3. The second kappa shape index (κ2) is 7.15. The number of aryl methyl sites for hydroxylation is 1. The van der Waals surface area contributed by atoms with Crippen LogP contribution in [0.1, 0.15) is 23.6 Å². The summed E-state index contributed by atoms with van der Waals surface area (Å²) >= 11 is 0. The fourth-order valence-corrected chi connectivity index (χ4v) is 4.51. The first kappa shape index (κ1) is 18.6. The first-order valence-electron chi connectivity index (χ1n) is 10.1. The normalized spacial score (nSPS) is 15.7. The molecular weight excluding hydrogens is 378 g/mol. The predicted octanol–water partition coefficient (Wildman–Crippen LogP) is 2.99. The van der Waals surface area contributed by atoms with Crippen molar-refractivity contribution in [3.05, 3.63) is 70.3 Å². The van der Waals surface area contributed by atoms with Crippen molar-refractivity contribution in [3.8, 4) is 28.3 Å². The summed E-state index contributed by atoms with van der Waals surface area (Å²) in [6.07, 6.45) is 5.25. The highest BCUT2D eigenvalue weighted by Crippen LogP contribution is 2.35. The maximum Gasteiger partial charge on any atom is 0.190 e. The van der Waals surface area contributed by atoms with Gasteiger partial charge < -0.3 is 19.0 Å². The quantitative estimate of drug-likeness (QED) is 0.551. The lowest BCUT2D eigenvalue weighted by molar-refractivity contribution is -0.891. The Kier molecular flexibility index (Phi) is 4.44. The molecule has 152 valence electrons. The minimum Gasteiger partial charge on any atom is -0.496 e. The van der Waals surface area contributed by atoms with Gasteiger partial charge >= 0.3 is 0 Å². The van der Waals surface area contributed by atoms with E-state index >= 15 is 0 Å². The third-order valence-electron chi connectivity index (χ3n) is 6.08. The Bertz CT molecular complexity index is 1290. The fraction of sp³-hybridized carbons (Fsp3) is 0.250. The number of rotatable bonds is 4. The van der Waals surface area contributed by atoms with Gasteiger partial charge in [-0.05, 0) is 29.7 Å². The molecule has 2 aromatic carbocycles. The van der Waals surface area contributed by atoms with Crippen LogP contribution in [0.4, 0.5) is 0 Å². The number of nitrogens with one attached hydrogen (secondary N) is 2. The number of benzene rings is 2. The van der Waals surface area contributed by atoms with Crippen molar-refractivity contribution >= 4 is 10.9 Å². The van der Waals surface area contributed by atoms with E-state index in [2.05, 4.69) is 42.3 Å². The zero-order valence-corrected chi connectivity index (χ0v) is 17.3. The van der Waals surface area contributed by atoms with Crippen LogP contribution < -0.4 is 15.1 Å². The van der Waals surface area contributed by atoms with E-state index in [1.54, 1.807) is 25.4 Å². The Morgan fingerprint density at radius 3 is 2.80 bits per heavy atom. The lowest BCUT2D eigenvalue weighted by atomic mass is 10.0. The van der Waals surface area contributed by atoms with E-state index in [1.165, 1.54) is 22.4 Å². The fourth-order valence-electron chi connectivity index (χ4n) is 4.51. The largest absolute Gasteiger partial charge is 0.496 e. The maximum atomic E-state index is 13.0. The van der Waals surface area contributed by atoms with Crippen molar-refractivity contribution in [2.24, 2.45) is 0 Å². The molecule has 1 aliphatic rings. The van der Waals surface area contributed by atoms with Crippen molar-refractivity contribution in [2.45, 2.75) is 18.9 Å². The number of pyridine rings is 1. The Morgan fingerprint density at radius 1 is 1.20 bits per heavy atom. The van der Waals surface area contributed by atoms with Gasteiger partial charge in [-0.2, -0.15) is 0 Å². The molecule has 0 amide bonds. The van der Waals surface area contributed by atoms with E-state index in [0.717, 1.165) is 29.6 Å². The van der Waals surface area contributed by atoms with Gasteiger partial charge in [-0.15, -0.1) is 0 Å². The van der Waals surface area contributed by atoms with Gasteiger partial charge in [0.15, 0.2) is 17.6 Å². The third kappa shape index (κ3) is 3.00. The molecule has 1 aliphatic carbocycles. The molecule has 4 aromatic rings. The number of hydrogen-bond donors (Lipinski definition) is 2. The van der Waals surface area contributed by atoms with E-state index in [1.807, 2.05) is 6.07 Å². The van der Waals surface area contributed by atoms with Crippen LogP contribution in [0.25, 0.3) is 33.5 Å². The zero-order chi connectivity index (χ0) is 20.8. The Morgan fingerprint density at radius 2 is 2.07 bits per heavy atom. The summed E-state index contributed by atoms with van der Waals surface area (Å²) in [6.45, 7) is 0. The molecule has 0 bridgehead atoms. The molecule has 2 heterocycles. The van der Waals surface area contributed by atoms with E-state index in [9.17, 15) is 4.79 Å².